The van der Waals surface area contributed by atoms with Crippen LogP contribution in [0.4, 0.5) is 16.4 Å². The molecule has 4 rings (SSSR count). The van der Waals surface area contributed by atoms with Gasteiger partial charge in [0.05, 0.1) is 13.2 Å². The van der Waals surface area contributed by atoms with Gasteiger partial charge in [-0.2, -0.15) is 0 Å². The van der Waals surface area contributed by atoms with Gasteiger partial charge in [0.2, 0.25) is 11.9 Å². The van der Waals surface area contributed by atoms with Crippen molar-refractivity contribution in [3.8, 4) is 5.75 Å². The number of amidine groups is 1. The van der Waals surface area contributed by atoms with Crippen molar-refractivity contribution in [2.24, 2.45) is 4.99 Å². The summed E-state index contributed by atoms with van der Waals surface area (Å²) in [6.45, 7) is 5.95. The number of urea groups is 1. The molecule has 0 aliphatic carbocycles. The van der Waals surface area contributed by atoms with Crippen LogP contribution in [0.3, 0.4) is 0 Å². The molecule has 3 amide bonds. The summed E-state index contributed by atoms with van der Waals surface area (Å²) < 4.78 is 9.37. The zero-order chi connectivity index (χ0) is 20.7. The molecule has 0 saturated carbocycles. The fourth-order valence-corrected chi connectivity index (χ4v) is 3.73. The Morgan fingerprint density at radius 3 is 2.59 bits per heavy atom. The molecule has 2 aromatic rings. The molecule has 0 radical (unpaired) electrons. The maximum absolute atomic E-state index is 12.7. The van der Waals surface area contributed by atoms with Gasteiger partial charge in [-0.25, -0.2) is 13.9 Å². The Hall–Kier alpha value is -3.36. The van der Waals surface area contributed by atoms with Crippen molar-refractivity contribution in [2.75, 3.05) is 32.6 Å². The topological polar surface area (TPSA) is 83.0 Å². The van der Waals surface area contributed by atoms with E-state index in [0.717, 1.165) is 22.0 Å². The summed E-state index contributed by atoms with van der Waals surface area (Å²) in [5, 5.41) is 3.39. The van der Waals surface area contributed by atoms with Crippen molar-refractivity contribution < 1.29 is 18.9 Å². The van der Waals surface area contributed by atoms with Crippen LogP contribution in [-0.2, 0) is 11.3 Å². The van der Waals surface area contributed by atoms with Crippen molar-refractivity contribution in [1.82, 2.24) is 14.4 Å². The van der Waals surface area contributed by atoms with Gasteiger partial charge in [0.15, 0.2) is 0 Å². The van der Waals surface area contributed by atoms with Crippen LogP contribution >= 0.6 is 0 Å². The van der Waals surface area contributed by atoms with Gasteiger partial charge in [-0.3, -0.25) is 14.6 Å². The number of carbonyl (C=O) groups is 2. The number of imidazole rings is 1. The normalized spacial score (nSPS) is 17.9. The second-order valence-corrected chi connectivity index (χ2v) is 7.12. The molecule has 0 spiro atoms. The number of nitrogens with zero attached hydrogens (tertiary/aromatic N) is 5. The number of aromatic nitrogens is 2. The van der Waals surface area contributed by atoms with E-state index in [1.165, 1.54) is 11.9 Å². The Morgan fingerprint density at radius 2 is 1.90 bits per heavy atom. The highest BCUT2D eigenvalue weighted by atomic mass is 16.5. The lowest BCUT2D eigenvalue weighted by atomic mass is 10.2. The smallest absolute Gasteiger partial charge is 0.401 e. The van der Waals surface area contributed by atoms with E-state index in [1.54, 1.807) is 7.05 Å². The molecule has 1 aromatic heterocycles. The highest BCUT2D eigenvalue weighted by Gasteiger charge is 2.52. The highest BCUT2D eigenvalue weighted by Crippen LogP contribution is 2.28. The molecule has 152 valence electrons. The Bertz CT molecular complexity index is 994. The van der Waals surface area contributed by atoms with Crippen LogP contribution in [0.1, 0.15) is 18.7 Å². The summed E-state index contributed by atoms with van der Waals surface area (Å²) >= 11 is 0. The second kappa shape index (κ2) is 7.23. The fourth-order valence-electron chi connectivity index (χ4n) is 3.73. The number of fused-ring (bicyclic) bond motifs is 3. The number of hydrogen-bond acceptors (Lipinski definition) is 5. The fraction of sp³-hybridized carbons (Fsp3) is 0.400. The molecule has 1 N–H and O–H groups in total. The molecule has 3 heterocycles. The van der Waals surface area contributed by atoms with Gasteiger partial charge >= 0.3 is 12.0 Å². The minimum absolute atomic E-state index is 0.264. The number of benzene rings is 1. The van der Waals surface area contributed by atoms with Gasteiger partial charge in [-0.1, -0.05) is 4.99 Å². The first kappa shape index (κ1) is 19.0. The molecule has 2 aliphatic heterocycles. The van der Waals surface area contributed by atoms with E-state index in [9.17, 15) is 9.59 Å². The maximum Gasteiger partial charge on any atom is 0.401 e. The first-order chi connectivity index (χ1) is 13.9. The lowest BCUT2D eigenvalue weighted by Crippen LogP contribution is -2.61. The van der Waals surface area contributed by atoms with Crippen molar-refractivity contribution in [2.45, 2.75) is 26.4 Å². The third-order valence-electron chi connectivity index (χ3n) is 5.27. The highest BCUT2D eigenvalue weighted by molar-refractivity contribution is 6.18. The number of aryl methyl sites for hydroxylation is 1. The SMILES string of the molecule is CCOc1ccc(NCCn2c(C)c[n+]3c2N=C2C3C(=O)N(C)C(=O)N2C)cc1. The van der Waals surface area contributed by atoms with E-state index < -0.39 is 6.04 Å². The van der Waals surface area contributed by atoms with Gasteiger partial charge in [-0.15, -0.1) is 0 Å². The molecule has 9 heteroatoms. The van der Waals surface area contributed by atoms with Gasteiger partial charge in [0, 0.05) is 26.3 Å². The number of imide groups is 1. The number of rotatable bonds is 6. The van der Waals surface area contributed by atoms with Crippen molar-refractivity contribution in [3.05, 3.63) is 36.2 Å². The van der Waals surface area contributed by atoms with E-state index in [0.29, 0.717) is 31.5 Å². The first-order valence-electron chi connectivity index (χ1n) is 9.64. The number of nitrogens with one attached hydrogen (secondary N) is 1. The Kier molecular flexibility index (Phi) is 4.73. The number of amides is 3. The Morgan fingerprint density at radius 1 is 1.17 bits per heavy atom. The molecule has 29 heavy (non-hydrogen) atoms. The zero-order valence-electron chi connectivity index (χ0n) is 17.0. The van der Waals surface area contributed by atoms with Crippen LogP contribution in [0.25, 0.3) is 0 Å². The van der Waals surface area contributed by atoms with E-state index in [4.69, 9.17) is 4.74 Å². The van der Waals surface area contributed by atoms with Crippen molar-refractivity contribution >= 4 is 29.4 Å². The monoisotopic (exact) mass is 397 g/mol. The lowest BCUT2D eigenvalue weighted by Gasteiger charge is -2.30. The minimum atomic E-state index is -0.586. The molecule has 0 bridgehead atoms. The van der Waals surface area contributed by atoms with Gasteiger partial charge < -0.3 is 10.1 Å². The van der Waals surface area contributed by atoms with Crippen LogP contribution in [0.2, 0.25) is 0 Å². The third-order valence-corrected chi connectivity index (χ3v) is 5.27. The van der Waals surface area contributed by atoms with E-state index in [2.05, 4.69) is 14.9 Å². The number of likely N-dealkylation sites (N-methyl/N-ethyl adjacent to an activating group) is 2. The van der Waals surface area contributed by atoms with Crippen molar-refractivity contribution in [1.29, 1.82) is 0 Å². The van der Waals surface area contributed by atoms with E-state index in [1.807, 2.05) is 48.9 Å². The van der Waals surface area contributed by atoms with Crippen LogP contribution in [0.15, 0.2) is 35.5 Å². The molecule has 1 atom stereocenters. The number of hydrogen-bond donors (Lipinski definition) is 1. The molecule has 9 nitrogen and oxygen atoms in total. The standard InChI is InChI=1S/C20H25N6O3/c1-5-29-15-8-6-14(7-9-15)21-10-11-25-13(2)12-26-16-17(22-19(25)26)23(3)20(28)24(4)18(16)27/h6-9,12,16,21H,5,10-11H2,1-4H3/q+1. The molecule has 1 aromatic carbocycles. The minimum Gasteiger partial charge on any atom is -0.494 e. The van der Waals surface area contributed by atoms with Gasteiger partial charge in [-0.05, 0) is 38.1 Å². The molecular weight excluding hydrogens is 372 g/mol. The molecule has 1 saturated heterocycles. The first-order valence-corrected chi connectivity index (χ1v) is 9.64. The van der Waals surface area contributed by atoms with Gasteiger partial charge in [0.25, 0.3) is 5.91 Å². The largest absolute Gasteiger partial charge is 0.494 e. The zero-order valence-corrected chi connectivity index (χ0v) is 17.0. The third kappa shape index (κ3) is 3.12. The molecule has 1 fully saturated rings. The number of ether oxygens (including phenoxy) is 1. The number of anilines is 1. The summed E-state index contributed by atoms with van der Waals surface area (Å²) in [4.78, 5) is 32.1. The second-order valence-electron chi connectivity index (χ2n) is 7.12. The number of carbonyl (C=O) groups excluding carboxylic acids is 2. The average Bonchev–Trinajstić information content (AvgIpc) is 3.22. The number of aliphatic imine (C=N–C) groups is 1. The summed E-state index contributed by atoms with van der Waals surface area (Å²) in [5.74, 6) is 1.74. The summed E-state index contributed by atoms with van der Waals surface area (Å²) in [5.41, 5.74) is 2.01. The molecule has 1 unspecified atom stereocenters. The quantitative estimate of drug-likeness (QED) is 0.752. The maximum atomic E-state index is 12.7. The van der Waals surface area contributed by atoms with Crippen LogP contribution < -0.4 is 14.6 Å². The lowest BCUT2D eigenvalue weighted by molar-refractivity contribution is -0.677. The molecule has 2 aliphatic rings. The van der Waals surface area contributed by atoms with Crippen LogP contribution in [0, 0.1) is 6.92 Å². The average molecular weight is 397 g/mol. The summed E-state index contributed by atoms with van der Waals surface area (Å²) in [6.07, 6.45) is 1.92. The Labute approximate surface area is 169 Å². The van der Waals surface area contributed by atoms with Crippen molar-refractivity contribution in [3.63, 3.8) is 0 Å². The predicted octanol–water partition coefficient (Wildman–Crippen LogP) is 1.70. The molecular formula is C20H25N6O3+. The summed E-state index contributed by atoms with van der Waals surface area (Å²) in [6, 6.07) is 6.89. The van der Waals surface area contributed by atoms with E-state index >= 15 is 0 Å². The van der Waals surface area contributed by atoms with Crippen LogP contribution in [0.5, 0.6) is 5.75 Å². The van der Waals surface area contributed by atoms with E-state index in [-0.39, 0.29) is 11.9 Å². The van der Waals surface area contributed by atoms with Gasteiger partial charge in [0.1, 0.15) is 17.6 Å². The Balaban J connectivity index is 1.51. The predicted molar refractivity (Wildman–Crippen MR) is 108 cm³/mol. The van der Waals surface area contributed by atoms with Crippen LogP contribution in [-0.4, -0.2) is 59.4 Å². The summed E-state index contributed by atoms with van der Waals surface area (Å²) in [7, 11) is 3.15.